The Kier molecular flexibility index (Phi) is 3.27. The minimum absolute atomic E-state index is 0.461. The molecule has 0 saturated carbocycles. The summed E-state index contributed by atoms with van der Waals surface area (Å²) in [7, 11) is -5.19. The predicted octanol–water partition coefficient (Wildman–Crippen LogP) is 2.18. The number of benzene rings is 1. The van der Waals surface area contributed by atoms with Crippen LogP contribution in [-0.2, 0) is 10.5 Å². The lowest BCUT2D eigenvalue weighted by molar-refractivity contribution is -0.274. The zero-order valence-corrected chi connectivity index (χ0v) is 8.18. The van der Waals surface area contributed by atoms with Crippen LogP contribution >= 0.6 is 0 Å². The third kappa shape index (κ3) is 4.82. The van der Waals surface area contributed by atoms with E-state index in [-0.39, 0.29) is 0 Å². The van der Waals surface area contributed by atoms with Gasteiger partial charge in [0.2, 0.25) is 0 Å². The van der Waals surface area contributed by atoms with E-state index in [9.17, 15) is 25.5 Å². The molecule has 0 saturated heterocycles. The number of alkyl halides is 3. The highest BCUT2D eigenvalue weighted by molar-refractivity contribution is 7.81. The minimum Gasteiger partial charge on any atom is -0.406 e. The second-order valence-electron chi connectivity index (χ2n) is 2.50. The topological polar surface area (TPSA) is 52.6 Å². The van der Waals surface area contributed by atoms with Crippen molar-refractivity contribution in [1.82, 2.24) is 0 Å². The van der Waals surface area contributed by atoms with Gasteiger partial charge in [-0.05, 0) is 24.3 Å². The van der Waals surface area contributed by atoms with Crippen molar-refractivity contribution in [3.8, 4) is 11.5 Å². The summed E-state index contributed by atoms with van der Waals surface area (Å²) in [5.41, 5.74) is 0. The number of ether oxygens (including phenoxy) is 1. The normalized spacial score (nSPS) is 12.2. The SMILES string of the molecule is O=S(=O)(F)Oc1ccc(OC(F)(F)F)cc1. The fourth-order valence-corrected chi connectivity index (χ4v) is 1.15. The maximum atomic E-state index is 12.0. The molecule has 0 aliphatic carbocycles. The lowest BCUT2D eigenvalue weighted by Crippen LogP contribution is -2.17. The van der Waals surface area contributed by atoms with E-state index < -0.39 is 28.4 Å². The van der Waals surface area contributed by atoms with Gasteiger partial charge in [0, 0.05) is 0 Å². The van der Waals surface area contributed by atoms with Crippen LogP contribution in [0.4, 0.5) is 17.1 Å². The molecule has 0 aliphatic heterocycles. The predicted molar refractivity (Wildman–Crippen MR) is 43.8 cm³/mol. The van der Waals surface area contributed by atoms with Crippen molar-refractivity contribution in [3.63, 3.8) is 0 Å². The lowest BCUT2D eigenvalue weighted by Gasteiger charge is -2.08. The van der Waals surface area contributed by atoms with E-state index in [0.717, 1.165) is 24.3 Å². The molecule has 90 valence electrons. The molecule has 16 heavy (non-hydrogen) atoms. The van der Waals surface area contributed by atoms with Crippen molar-refractivity contribution in [3.05, 3.63) is 24.3 Å². The first-order chi connectivity index (χ1) is 7.16. The monoisotopic (exact) mass is 260 g/mol. The molecular formula is C7H4F4O4S. The first-order valence-corrected chi connectivity index (χ1v) is 4.96. The number of hydrogen-bond acceptors (Lipinski definition) is 4. The summed E-state index contributed by atoms with van der Waals surface area (Å²) in [5.74, 6) is -1.03. The second-order valence-corrected chi connectivity index (χ2v) is 3.45. The van der Waals surface area contributed by atoms with Crippen molar-refractivity contribution in [2.45, 2.75) is 6.36 Å². The van der Waals surface area contributed by atoms with Crippen molar-refractivity contribution in [2.24, 2.45) is 0 Å². The van der Waals surface area contributed by atoms with Crippen LogP contribution < -0.4 is 8.92 Å². The Morgan fingerprint density at radius 2 is 1.44 bits per heavy atom. The Morgan fingerprint density at radius 3 is 1.81 bits per heavy atom. The molecule has 1 rings (SSSR count). The molecule has 1 aromatic carbocycles. The molecule has 1 aromatic rings. The fraction of sp³-hybridized carbons (Fsp3) is 0.143. The van der Waals surface area contributed by atoms with Gasteiger partial charge in [-0.3, -0.25) is 0 Å². The van der Waals surface area contributed by atoms with E-state index in [1.165, 1.54) is 0 Å². The summed E-state index contributed by atoms with van der Waals surface area (Å²) in [5, 5.41) is 0. The van der Waals surface area contributed by atoms with Crippen LogP contribution in [-0.4, -0.2) is 14.8 Å². The third-order valence-electron chi connectivity index (χ3n) is 1.25. The van der Waals surface area contributed by atoms with E-state index in [0.29, 0.717) is 0 Å². The van der Waals surface area contributed by atoms with Gasteiger partial charge in [0.05, 0.1) is 0 Å². The molecule has 0 bridgehead atoms. The molecule has 0 aromatic heterocycles. The van der Waals surface area contributed by atoms with Crippen LogP contribution in [0.5, 0.6) is 11.5 Å². The highest BCUT2D eigenvalue weighted by Gasteiger charge is 2.31. The molecule has 9 heteroatoms. The Bertz CT molecular complexity index is 450. The van der Waals surface area contributed by atoms with Gasteiger partial charge in [-0.1, -0.05) is 3.89 Å². The zero-order chi connectivity index (χ0) is 12.4. The smallest absolute Gasteiger partial charge is 0.406 e. The first-order valence-electron chi connectivity index (χ1n) is 3.65. The highest BCUT2D eigenvalue weighted by atomic mass is 32.3. The van der Waals surface area contributed by atoms with Gasteiger partial charge in [0.1, 0.15) is 11.5 Å². The molecule has 0 aliphatic rings. The summed E-state index contributed by atoms with van der Waals surface area (Å²) in [6.07, 6.45) is -4.85. The molecule has 4 nitrogen and oxygen atoms in total. The Labute approximate surface area is 87.8 Å². The molecule has 0 N–H and O–H groups in total. The van der Waals surface area contributed by atoms with E-state index in [1.54, 1.807) is 0 Å². The van der Waals surface area contributed by atoms with Crippen LogP contribution in [0.3, 0.4) is 0 Å². The first kappa shape index (κ1) is 12.6. The van der Waals surface area contributed by atoms with Gasteiger partial charge >= 0.3 is 16.9 Å². The zero-order valence-electron chi connectivity index (χ0n) is 7.36. The Hall–Kier alpha value is -1.51. The van der Waals surface area contributed by atoms with Crippen LogP contribution in [0, 0.1) is 0 Å². The maximum Gasteiger partial charge on any atom is 0.573 e. The molecule has 0 amide bonds. The third-order valence-corrected chi connectivity index (χ3v) is 1.64. The van der Waals surface area contributed by atoms with Crippen molar-refractivity contribution >= 4 is 10.5 Å². The van der Waals surface area contributed by atoms with E-state index >= 15 is 0 Å². The van der Waals surface area contributed by atoms with Crippen molar-refractivity contribution in [2.75, 3.05) is 0 Å². The van der Waals surface area contributed by atoms with Crippen molar-refractivity contribution in [1.29, 1.82) is 0 Å². The average Bonchev–Trinajstić information content (AvgIpc) is 2.03. The molecule has 0 unspecified atom stereocenters. The highest BCUT2D eigenvalue weighted by Crippen LogP contribution is 2.25. The second kappa shape index (κ2) is 4.16. The molecule has 0 atom stereocenters. The van der Waals surface area contributed by atoms with Gasteiger partial charge in [-0.15, -0.1) is 13.2 Å². The van der Waals surface area contributed by atoms with Crippen LogP contribution in [0.2, 0.25) is 0 Å². The van der Waals surface area contributed by atoms with E-state index in [2.05, 4.69) is 8.92 Å². The van der Waals surface area contributed by atoms with Gasteiger partial charge in [-0.2, -0.15) is 8.42 Å². The number of hydrogen-bond donors (Lipinski definition) is 0. The van der Waals surface area contributed by atoms with Crippen LogP contribution in [0.1, 0.15) is 0 Å². The van der Waals surface area contributed by atoms with Crippen LogP contribution in [0.15, 0.2) is 24.3 Å². The summed E-state index contributed by atoms with van der Waals surface area (Å²) < 4.78 is 74.4. The number of rotatable bonds is 3. The summed E-state index contributed by atoms with van der Waals surface area (Å²) in [4.78, 5) is 0. The van der Waals surface area contributed by atoms with E-state index in [1.807, 2.05) is 0 Å². The fourth-order valence-electron chi connectivity index (χ4n) is 0.812. The lowest BCUT2D eigenvalue weighted by atomic mass is 10.3. The van der Waals surface area contributed by atoms with Gasteiger partial charge in [0.15, 0.2) is 0 Å². The summed E-state index contributed by atoms with van der Waals surface area (Å²) in [6, 6.07) is 3.21. The quantitative estimate of drug-likeness (QED) is 0.617. The standard InChI is InChI=1S/C7H4F4O4S/c8-7(9,10)14-5-1-3-6(4-2-5)15-16(11,12)13/h1-4H. The van der Waals surface area contributed by atoms with Crippen molar-refractivity contribution < 1.29 is 34.4 Å². The molecular weight excluding hydrogens is 256 g/mol. The number of halogens is 4. The minimum atomic E-state index is -5.19. The molecule has 0 fully saturated rings. The van der Waals surface area contributed by atoms with Gasteiger partial charge in [-0.25, -0.2) is 0 Å². The maximum absolute atomic E-state index is 12.0. The van der Waals surface area contributed by atoms with E-state index in [4.69, 9.17) is 0 Å². The molecule has 0 spiro atoms. The average molecular weight is 260 g/mol. The van der Waals surface area contributed by atoms with Crippen LogP contribution in [0.25, 0.3) is 0 Å². The van der Waals surface area contributed by atoms with Gasteiger partial charge in [0.25, 0.3) is 0 Å². The molecule has 0 heterocycles. The largest absolute Gasteiger partial charge is 0.573 e. The molecule has 0 radical (unpaired) electrons. The summed E-state index contributed by atoms with van der Waals surface area (Å²) in [6.45, 7) is 0. The summed E-state index contributed by atoms with van der Waals surface area (Å²) >= 11 is 0. The van der Waals surface area contributed by atoms with Gasteiger partial charge < -0.3 is 8.92 Å². The Morgan fingerprint density at radius 1 is 1.00 bits per heavy atom. The Balaban J connectivity index is 2.76.